The number of nitrogens with one attached hydrogen (secondary N) is 3. The molecule has 1 saturated heterocycles. The molecule has 1 atom stereocenters. The average Bonchev–Trinajstić information content (AvgIpc) is 3.07. The summed E-state index contributed by atoms with van der Waals surface area (Å²) in [5, 5.41) is 8.34. The molecule has 3 N–H and O–H groups in total. The molecule has 1 aliphatic heterocycles. The Labute approximate surface area is 163 Å². The van der Waals surface area contributed by atoms with Gasteiger partial charge in [-0.25, -0.2) is 4.79 Å². The van der Waals surface area contributed by atoms with Crippen molar-refractivity contribution in [3.8, 4) is 0 Å². The van der Waals surface area contributed by atoms with Gasteiger partial charge in [0.15, 0.2) is 0 Å². The summed E-state index contributed by atoms with van der Waals surface area (Å²) in [5.41, 5.74) is 1.55. The summed E-state index contributed by atoms with van der Waals surface area (Å²) >= 11 is 0. The second kappa shape index (κ2) is 8.98. The van der Waals surface area contributed by atoms with Crippen LogP contribution >= 0.6 is 0 Å². The number of benzene rings is 1. The van der Waals surface area contributed by atoms with E-state index < -0.39 is 0 Å². The van der Waals surface area contributed by atoms with E-state index in [-0.39, 0.29) is 23.9 Å². The van der Waals surface area contributed by atoms with Crippen molar-refractivity contribution in [1.82, 2.24) is 15.2 Å². The van der Waals surface area contributed by atoms with Crippen LogP contribution in [-0.2, 0) is 4.79 Å². The molecule has 28 heavy (non-hydrogen) atoms. The van der Waals surface area contributed by atoms with E-state index in [0.717, 1.165) is 13.0 Å². The minimum absolute atomic E-state index is 0.131. The van der Waals surface area contributed by atoms with Gasteiger partial charge < -0.3 is 20.9 Å². The first-order chi connectivity index (χ1) is 13.5. The number of urea groups is 1. The van der Waals surface area contributed by atoms with Gasteiger partial charge >= 0.3 is 6.03 Å². The molecule has 1 aromatic heterocycles. The van der Waals surface area contributed by atoms with Crippen molar-refractivity contribution in [1.29, 1.82) is 0 Å². The number of amides is 4. The molecule has 0 bridgehead atoms. The van der Waals surface area contributed by atoms with E-state index >= 15 is 0 Å². The molecule has 0 spiro atoms. The Morgan fingerprint density at radius 2 is 1.96 bits per heavy atom. The molecule has 8 heteroatoms. The maximum atomic E-state index is 12.2. The van der Waals surface area contributed by atoms with Crippen molar-refractivity contribution in [2.24, 2.45) is 0 Å². The van der Waals surface area contributed by atoms with Gasteiger partial charge in [0.25, 0.3) is 5.91 Å². The van der Waals surface area contributed by atoms with Crippen LogP contribution in [0.5, 0.6) is 0 Å². The molecule has 0 unspecified atom stereocenters. The highest BCUT2D eigenvalue weighted by Crippen LogP contribution is 2.16. The molecule has 2 aromatic rings. The number of anilines is 2. The van der Waals surface area contributed by atoms with Crippen molar-refractivity contribution in [2.75, 3.05) is 23.7 Å². The fourth-order valence-electron chi connectivity index (χ4n) is 3.04. The number of hydrogen-bond donors (Lipinski definition) is 3. The monoisotopic (exact) mass is 381 g/mol. The highest BCUT2D eigenvalue weighted by Gasteiger charge is 2.22. The summed E-state index contributed by atoms with van der Waals surface area (Å²) in [5.74, 6) is -0.148. The van der Waals surface area contributed by atoms with E-state index in [1.165, 1.54) is 6.20 Å². The van der Waals surface area contributed by atoms with E-state index in [1.807, 2.05) is 6.92 Å². The molecule has 1 fully saturated rings. The standard InChI is InChI=1S/C20H23N5O3/c1-14(13-25-10-4-8-18(25)26)22-20(28)24-17-7-2-6-16(11-17)23-19(27)15-5-3-9-21-12-15/h2-3,5-7,9,11-12,14H,4,8,10,13H2,1H3,(H,23,27)(H2,22,24,28)/t14-/m0/s1. The lowest BCUT2D eigenvalue weighted by atomic mass is 10.2. The lowest BCUT2D eigenvalue weighted by molar-refractivity contribution is -0.127. The van der Waals surface area contributed by atoms with E-state index in [4.69, 9.17) is 0 Å². The predicted molar refractivity (Wildman–Crippen MR) is 106 cm³/mol. The summed E-state index contributed by atoms with van der Waals surface area (Å²) in [6.07, 6.45) is 4.53. The number of nitrogens with zero attached hydrogens (tertiary/aromatic N) is 2. The molecule has 146 valence electrons. The zero-order valence-corrected chi connectivity index (χ0v) is 15.6. The molecule has 0 aliphatic carbocycles. The summed E-state index contributed by atoms with van der Waals surface area (Å²) < 4.78 is 0. The molecule has 1 aliphatic rings. The van der Waals surface area contributed by atoms with E-state index in [1.54, 1.807) is 47.5 Å². The molecule has 1 aromatic carbocycles. The van der Waals surface area contributed by atoms with Gasteiger partial charge in [0.2, 0.25) is 5.91 Å². The first-order valence-corrected chi connectivity index (χ1v) is 9.18. The first kappa shape index (κ1) is 19.3. The maximum Gasteiger partial charge on any atom is 0.319 e. The minimum Gasteiger partial charge on any atom is -0.341 e. The normalized spacial score (nSPS) is 14.5. The number of likely N-dealkylation sites (tertiary alicyclic amines) is 1. The second-order valence-electron chi connectivity index (χ2n) is 6.72. The Morgan fingerprint density at radius 3 is 2.64 bits per heavy atom. The second-order valence-corrected chi connectivity index (χ2v) is 6.72. The summed E-state index contributed by atoms with van der Waals surface area (Å²) in [6.45, 7) is 3.09. The summed E-state index contributed by atoms with van der Waals surface area (Å²) in [4.78, 5) is 41.8. The van der Waals surface area contributed by atoms with Crippen molar-refractivity contribution >= 4 is 29.2 Å². The SMILES string of the molecule is C[C@@H](CN1CCCC1=O)NC(=O)Nc1cccc(NC(=O)c2cccnc2)c1. The van der Waals surface area contributed by atoms with Gasteiger partial charge in [-0.15, -0.1) is 0 Å². The molecule has 8 nitrogen and oxygen atoms in total. The molecular formula is C20H23N5O3. The van der Waals surface area contributed by atoms with E-state index in [0.29, 0.717) is 29.9 Å². The quantitative estimate of drug-likeness (QED) is 0.715. The Bertz CT molecular complexity index is 856. The largest absolute Gasteiger partial charge is 0.341 e. The number of hydrogen-bond acceptors (Lipinski definition) is 4. The molecule has 0 radical (unpaired) electrons. The smallest absolute Gasteiger partial charge is 0.319 e. The van der Waals surface area contributed by atoms with Crippen LogP contribution in [0.4, 0.5) is 16.2 Å². The summed E-state index contributed by atoms with van der Waals surface area (Å²) in [6, 6.07) is 9.69. The lowest BCUT2D eigenvalue weighted by Gasteiger charge is -2.21. The van der Waals surface area contributed by atoms with Gasteiger partial charge in [0.05, 0.1) is 5.56 Å². The third-order valence-corrected chi connectivity index (χ3v) is 4.35. The van der Waals surface area contributed by atoms with Crippen LogP contribution in [0, 0.1) is 0 Å². The molecule has 0 saturated carbocycles. The fourth-order valence-corrected chi connectivity index (χ4v) is 3.04. The van der Waals surface area contributed by atoms with Crippen molar-refractivity contribution in [3.05, 3.63) is 54.4 Å². The highest BCUT2D eigenvalue weighted by atomic mass is 16.2. The topological polar surface area (TPSA) is 103 Å². The van der Waals surface area contributed by atoms with Crippen LogP contribution in [-0.4, -0.2) is 46.9 Å². The van der Waals surface area contributed by atoms with Crippen LogP contribution < -0.4 is 16.0 Å². The lowest BCUT2D eigenvalue weighted by Crippen LogP contribution is -2.44. The average molecular weight is 381 g/mol. The molecule has 4 amide bonds. The van der Waals surface area contributed by atoms with E-state index in [9.17, 15) is 14.4 Å². The van der Waals surface area contributed by atoms with Crippen molar-refractivity contribution < 1.29 is 14.4 Å². The van der Waals surface area contributed by atoms with Gasteiger partial charge in [-0.2, -0.15) is 0 Å². The minimum atomic E-state index is -0.366. The van der Waals surface area contributed by atoms with Gasteiger partial charge in [-0.05, 0) is 43.7 Å². The van der Waals surface area contributed by atoms with Gasteiger partial charge in [-0.1, -0.05) is 6.07 Å². The number of rotatable bonds is 6. The van der Waals surface area contributed by atoms with Gasteiger partial charge in [-0.3, -0.25) is 14.6 Å². The third kappa shape index (κ3) is 5.29. The van der Waals surface area contributed by atoms with Crippen LogP contribution in [0.2, 0.25) is 0 Å². The van der Waals surface area contributed by atoms with Crippen LogP contribution in [0.1, 0.15) is 30.1 Å². The highest BCUT2D eigenvalue weighted by molar-refractivity contribution is 6.04. The number of carbonyl (C=O) groups is 3. The Kier molecular flexibility index (Phi) is 6.21. The van der Waals surface area contributed by atoms with Gasteiger partial charge in [0.1, 0.15) is 0 Å². The Hall–Kier alpha value is -3.42. The zero-order valence-electron chi connectivity index (χ0n) is 15.6. The Balaban J connectivity index is 1.52. The van der Waals surface area contributed by atoms with Crippen molar-refractivity contribution in [2.45, 2.75) is 25.8 Å². The summed E-state index contributed by atoms with van der Waals surface area (Å²) in [7, 11) is 0. The number of carbonyl (C=O) groups excluding carboxylic acids is 3. The van der Waals surface area contributed by atoms with Gasteiger partial charge in [0, 0.05) is 49.3 Å². The molecule has 3 rings (SSSR count). The zero-order chi connectivity index (χ0) is 19.9. The van der Waals surface area contributed by atoms with Crippen LogP contribution in [0.3, 0.4) is 0 Å². The van der Waals surface area contributed by atoms with Crippen molar-refractivity contribution in [3.63, 3.8) is 0 Å². The Morgan fingerprint density at radius 1 is 1.18 bits per heavy atom. The molecule has 2 heterocycles. The maximum absolute atomic E-state index is 12.2. The van der Waals surface area contributed by atoms with Crippen LogP contribution in [0.15, 0.2) is 48.8 Å². The number of aromatic nitrogens is 1. The van der Waals surface area contributed by atoms with E-state index in [2.05, 4.69) is 20.9 Å². The predicted octanol–water partition coefficient (Wildman–Crippen LogP) is 2.47. The third-order valence-electron chi connectivity index (χ3n) is 4.35. The van der Waals surface area contributed by atoms with Crippen LogP contribution in [0.25, 0.3) is 0 Å². The molecular weight excluding hydrogens is 358 g/mol. The first-order valence-electron chi connectivity index (χ1n) is 9.18. The number of pyridine rings is 1. The fraction of sp³-hybridized carbons (Fsp3) is 0.300.